The van der Waals surface area contributed by atoms with Crippen molar-refractivity contribution in [2.45, 2.75) is 13.8 Å². The summed E-state index contributed by atoms with van der Waals surface area (Å²) in [6, 6.07) is 8.30. The molecule has 0 radical (unpaired) electrons. The first-order valence-electron chi connectivity index (χ1n) is 4.43. The number of nitrogens with zero attached hydrogens (tertiary/aromatic N) is 1. The van der Waals surface area contributed by atoms with Gasteiger partial charge in [-0.05, 0) is 37.7 Å². The van der Waals surface area contributed by atoms with Gasteiger partial charge in [0.25, 0.3) is 0 Å². The quantitative estimate of drug-likeness (QED) is 0.661. The van der Waals surface area contributed by atoms with Crippen LogP contribution in [0.4, 0.5) is 0 Å². The molecular weight excluding hydrogens is 210 g/mol. The van der Waals surface area contributed by atoms with Crippen LogP contribution in [0.5, 0.6) is 0 Å². The molecule has 0 aliphatic heterocycles. The van der Waals surface area contributed by atoms with Crippen LogP contribution in [0.2, 0.25) is 0 Å². The van der Waals surface area contributed by atoms with Gasteiger partial charge in [0.2, 0.25) is 0 Å². The van der Waals surface area contributed by atoms with Crippen LogP contribution in [-0.4, -0.2) is 4.57 Å². The minimum absolute atomic E-state index is 0.914. The van der Waals surface area contributed by atoms with Crippen molar-refractivity contribution in [3.05, 3.63) is 44.9 Å². The highest BCUT2D eigenvalue weighted by Gasteiger charge is 2.04. The number of rotatable bonds is 1. The normalized spacial score (nSPS) is 10.4. The Morgan fingerprint density at radius 1 is 1.21 bits per heavy atom. The number of aromatic nitrogens is 1. The van der Waals surface area contributed by atoms with E-state index in [2.05, 4.69) is 35.9 Å². The summed E-state index contributed by atoms with van der Waals surface area (Å²) < 4.78 is 3.03. The second-order valence-corrected chi connectivity index (χ2v) is 4.77. The van der Waals surface area contributed by atoms with Crippen molar-refractivity contribution < 1.29 is 0 Å². The van der Waals surface area contributed by atoms with Crippen LogP contribution < -0.4 is 0 Å². The van der Waals surface area contributed by atoms with E-state index in [0.29, 0.717) is 0 Å². The number of thiazole rings is 1. The summed E-state index contributed by atoms with van der Waals surface area (Å²) in [7, 11) is 0. The Morgan fingerprint density at radius 2 is 1.93 bits per heavy atom. The zero-order valence-corrected chi connectivity index (χ0v) is 9.78. The van der Waals surface area contributed by atoms with Gasteiger partial charge in [0.05, 0.1) is 5.69 Å². The molecular formula is C11H11NS2. The third-order valence-corrected chi connectivity index (χ3v) is 3.54. The molecule has 0 aliphatic rings. The first-order valence-corrected chi connectivity index (χ1v) is 5.72. The Bertz CT molecular complexity index is 508. The minimum atomic E-state index is 0.914. The van der Waals surface area contributed by atoms with E-state index in [0.717, 1.165) is 3.95 Å². The van der Waals surface area contributed by atoms with Gasteiger partial charge in [-0.2, -0.15) is 0 Å². The molecule has 0 amide bonds. The summed E-state index contributed by atoms with van der Waals surface area (Å²) >= 11 is 6.91. The summed E-state index contributed by atoms with van der Waals surface area (Å²) in [5.74, 6) is 0. The Labute approximate surface area is 92.6 Å². The fourth-order valence-corrected chi connectivity index (χ4v) is 2.60. The van der Waals surface area contributed by atoms with E-state index in [9.17, 15) is 0 Å². The topological polar surface area (TPSA) is 4.93 Å². The molecule has 0 atom stereocenters. The van der Waals surface area contributed by atoms with Crippen LogP contribution in [0.25, 0.3) is 5.69 Å². The fraction of sp³-hybridized carbons (Fsp3) is 0.182. The van der Waals surface area contributed by atoms with Gasteiger partial charge in [-0.15, -0.1) is 11.3 Å². The maximum absolute atomic E-state index is 5.30. The maximum Gasteiger partial charge on any atom is 0.165 e. The lowest BCUT2D eigenvalue weighted by Crippen LogP contribution is -1.97. The molecule has 1 aromatic carbocycles. The van der Waals surface area contributed by atoms with Crippen molar-refractivity contribution >= 4 is 23.6 Å². The molecule has 1 nitrogen and oxygen atoms in total. The molecule has 1 heterocycles. The molecule has 0 unspecified atom stereocenters. The lowest BCUT2D eigenvalue weighted by molar-refractivity contribution is 0.992. The second-order valence-electron chi connectivity index (χ2n) is 3.26. The summed E-state index contributed by atoms with van der Waals surface area (Å²) in [5, 5.41) is 2.09. The standard InChI is InChI=1S/C11H11NS2/c1-8-5-3-4-6-10(8)12-9(2)7-14-11(12)13/h3-7H,1-2H3. The van der Waals surface area contributed by atoms with Crippen LogP contribution in [0.1, 0.15) is 11.3 Å². The summed E-state index contributed by atoms with van der Waals surface area (Å²) in [5.41, 5.74) is 3.65. The molecule has 0 aliphatic carbocycles. The average molecular weight is 221 g/mol. The molecule has 0 N–H and O–H groups in total. The van der Waals surface area contributed by atoms with E-state index < -0.39 is 0 Å². The average Bonchev–Trinajstić information content (AvgIpc) is 2.48. The van der Waals surface area contributed by atoms with E-state index in [1.165, 1.54) is 16.9 Å². The molecule has 72 valence electrons. The monoisotopic (exact) mass is 221 g/mol. The molecule has 2 rings (SSSR count). The zero-order valence-electron chi connectivity index (χ0n) is 8.15. The van der Waals surface area contributed by atoms with Crippen molar-refractivity contribution in [1.29, 1.82) is 0 Å². The summed E-state index contributed by atoms with van der Waals surface area (Å²) in [4.78, 5) is 0. The Balaban J connectivity index is 2.72. The third kappa shape index (κ3) is 1.53. The van der Waals surface area contributed by atoms with Gasteiger partial charge < -0.3 is 0 Å². The van der Waals surface area contributed by atoms with Crippen LogP contribution in [0, 0.1) is 17.8 Å². The van der Waals surface area contributed by atoms with Gasteiger partial charge >= 0.3 is 0 Å². The minimum Gasteiger partial charge on any atom is -0.296 e. The Kier molecular flexibility index (Phi) is 2.52. The largest absolute Gasteiger partial charge is 0.296 e. The predicted molar refractivity (Wildman–Crippen MR) is 64.0 cm³/mol. The van der Waals surface area contributed by atoms with Crippen molar-refractivity contribution in [2.24, 2.45) is 0 Å². The van der Waals surface area contributed by atoms with Crippen molar-refractivity contribution in [1.82, 2.24) is 4.57 Å². The van der Waals surface area contributed by atoms with Crippen LogP contribution >= 0.6 is 23.6 Å². The molecule has 2 aromatic rings. The lowest BCUT2D eigenvalue weighted by atomic mass is 10.2. The van der Waals surface area contributed by atoms with Crippen molar-refractivity contribution in [2.75, 3.05) is 0 Å². The van der Waals surface area contributed by atoms with Crippen LogP contribution in [0.3, 0.4) is 0 Å². The summed E-state index contributed by atoms with van der Waals surface area (Å²) in [6.07, 6.45) is 0. The number of benzene rings is 1. The number of para-hydroxylation sites is 1. The fourth-order valence-electron chi connectivity index (χ4n) is 1.49. The molecule has 0 saturated carbocycles. The van der Waals surface area contributed by atoms with Gasteiger partial charge in [0, 0.05) is 11.1 Å². The zero-order chi connectivity index (χ0) is 10.1. The number of hydrogen-bond donors (Lipinski definition) is 0. The van der Waals surface area contributed by atoms with Gasteiger partial charge in [0.15, 0.2) is 3.95 Å². The van der Waals surface area contributed by atoms with E-state index in [-0.39, 0.29) is 0 Å². The Hall–Kier alpha value is -0.930. The lowest BCUT2D eigenvalue weighted by Gasteiger charge is -2.08. The molecule has 0 spiro atoms. The number of hydrogen-bond acceptors (Lipinski definition) is 2. The van der Waals surface area contributed by atoms with E-state index in [1.807, 2.05) is 12.1 Å². The van der Waals surface area contributed by atoms with Crippen molar-refractivity contribution in [3.63, 3.8) is 0 Å². The van der Waals surface area contributed by atoms with Gasteiger partial charge in [-0.3, -0.25) is 4.57 Å². The van der Waals surface area contributed by atoms with Gasteiger partial charge in [-0.25, -0.2) is 0 Å². The molecule has 0 saturated heterocycles. The molecule has 1 aromatic heterocycles. The highest BCUT2D eigenvalue weighted by molar-refractivity contribution is 7.73. The van der Waals surface area contributed by atoms with Crippen LogP contribution in [0.15, 0.2) is 29.6 Å². The maximum atomic E-state index is 5.30. The van der Waals surface area contributed by atoms with Crippen molar-refractivity contribution in [3.8, 4) is 5.69 Å². The predicted octanol–water partition coefficient (Wildman–Crippen LogP) is 3.89. The highest BCUT2D eigenvalue weighted by atomic mass is 32.1. The Morgan fingerprint density at radius 3 is 2.50 bits per heavy atom. The second kappa shape index (κ2) is 3.67. The molecule has 0 bridgehead atoms. The summed E-state index contributed by atoms with van der Waals surface area (Å²) in [6.45, 7) is 4.19. The van der Waals surface area contributed by atoms with Crippen LogP contribution in [-0.2, 0) is 0 Å². The van der Waals surface area contributed by atoms with Gasteiger partial charge in [0.1, 0.15) is 0 Å². The highest BCUT2D eigenvalue weighted by Crippen LogP contribution is 2.19. The van der Waals surface area contributed by atoms with E-state index >= 15 is 0 Å². The first kappa shape index (κ1) is 9.62. The first-order chi connectivity index (χ1) is 6.70. The van der Waals surface area contributed by atoms with Gasteiger partial charge in [-0.1, -0.05) is 18.2 Å². The SMILES string of the molecule is Cc1ccccc1-n1c(C)csc1=S. The van der Waals surface area contributed by atoms with E-state index in [1.54, 1.807) is 11.3 Å². The number of aryl methyl sites for hydroxylation is 2. The molecule has 3 heteroatoms. The van der Waals surface area contributed by atoms with E-state index in [4.69, 9.17) is 12.2 Å². The third-order valence-electron chi connectivity index (χ3n) is 2.22. The molecule has 0 fully saturated rings. The molecule has 14 heavy (non-hydrogen) atoms. The smallest absolute Gasteiger partial charge is 0.165 e.